The van der Waals surface area contributed by atoms with Crippen molar-refractivity contribution in [1.82, 2.24) is 0 Å². The largest absolute Gasteiger partial charge is 0.460 e. The third-order valence-electron chi connectivity index (χ3n) is 4.09. The summed E-state index contributed by atoms with van der Waals surface area (Å²) in [6.07, 6.45) is 0. The van der Waals surface area contributed by atoms with Crippen LogP contribution in [0.15, 0.2) is 42.5 Å². The number of carbonyl (C=O) groups excluding carboxylic acids is 2. The summed E-state index contributed by atoms with van der Waals surface area (Å²) in [6, 6.07) is 12.0. The highest BCUT2D eigenvalue weighted by molar-refractivity contribution is 6.40. The minimum absolute atomic E-state index is 0.131. The molecular weight excluding hydrogens is 324 g/mol. The van der Waals surface area contributed by atoms with Gasteiger partial charge in [-0.1, -0.05) is 12.1 Å². The highest BCUT2D eigenvalue weighted by atomic mass is 16.7. The summed E-state index contributed by atoms with van der Waals surface area (Å²) < 4.78 is 22.1. The molecule has 0 unspecified atom stereocenters. The van der Waals surface area contributed by atoms with Crippen LogP contribution < -0.4 is 4.74 Å². The Labute approximate surface area is 145 Å². The summed E-state index contributed by atoms with van der Waals surface area (Å²) >= 11 is 0. The standard InChI is InChI=1S/C19H18O6/c1-4-24-18(21)17(20)12-9-10-16-14(11-12)19(22-2,23-3)13-7-5-6-8-15(13)25-16/h5-11H,4H2,1-3H3. The molecule has 0 atom stereocenters. The number of benzene rings is 2. The van der Waals surface area contributed by atoms with E-state index in [0.717, 1.165) is 0 Å². The third kappa shape index (κ3) is 2.69. The molecule has 25 heavy (non-hydrogen) atoms. The van der Waals surface area contributed by atoms with Crippen molar-refractivity contribution in [1.29, 1.82) is 0 Å². The number of fused-ring (bicyclic) bond motifs is 2. The third-order valence-corrected chi connectivity index (χ3v) is 4.09. The Kier molecular flexibility index (Phi) is 4.57. The molecule has 0 bridgehead atoms. The molecule has 6 nitrogen and oxygen atoms in total. The van der Waals surface area contributed by atoms with Crippen molar-refractivity contribution in [3.05, 3.63) is 59.2 Å². The van der Waals surface area contributed by atoms with Crippen LogP contribution in [0, 0.1) is 0 Å². The Hall–Kier alpha value is -2.70. The van der Waals surface area contributed by atoms with Crippen molar-refractivity contribution in [2.75, 3.05) is 20.8 Å². The van der Waals surface area contributed by atoms with Gasteiger partial charge in [0, 0.05) is 19.8 Å². The molecule has 0 saturated carbocycles. The van der Waals surface area contributed by atoms with E-state index in [2.05, 4.69) is 0 Å². The Bertz CT molecular complexity index is 822. The van der Waals surface area contributed by atoms with Gasteiger partial charge in [-0.25, -0.2) is 4.79 Å². The number of hydrogen-bond donors (Lipinski definition) is 0. The van der Waals surface area contributed by atoms with Gasteiger partial charge in [-0.05, 0) is 37.3 Å². The molecular formula is C19H18O6. The minimum atomic E-state index is -1.24. The molecule has 130 valence electrons. The fraction of sp³-hybridized carbons (Fsp3) is 0.263. The second-order valence-corrected chi connectivity index (χ2v) is 5.38. The van der Waals surface area contributed by atoms with Crippen LogP contribution in [0.25, 0.3) is 0 Å². The van der Waals surface area contributed by atoms with Gasteiger partial charge < -0.3 is 18.9 Å². The van der Waals surface area contributed by atoms with Crippen LogP contribution >= 0.6 is 0 Å². The maximum atomic E-state index is 12.3. The number of para-hydroxylation sites is 1. The fourth-order valence-corrected chi connectivity index (χ4v) is 2.95. The molecule has 1 aliphatic rings. The molecule has 0 saturated heterocycles. The van der Waals surface area contributed by atoms with E-state index in [1.165, 1.54) is 26.4 Å². The van der Waals surface area contributed by atoms with E-state index in [4.69, 9.17) is 18.9 Å². The van der Waals surface area contributed by atoms with Gasteiger partial charge in [-0.15, -0.1) is 0 Å². The quantitative estimate of drug-likeness (QED) is 0.360. The van der Waals surface area contributed by atoms with E-state index < -0.39 is 17.5 Å². The molecule has 0 aliphatic carbocycles. The summed E-state index contributed by atoms with van der Waals surface area (Å²) in [5.41, 5.74) is 1.36. The van der Waals surface area contributed by atoms with Crippen molar-refractivity contribution in [3.63, 3.8) is 0 Å². The lowest BCUT2D eigenvalue weighted by Crippen LogP contribution is -2.35. The first-order chi connectivity index (χ1) is 12.1. The van der Waals surface area contributed by atoms with Crippen molar-refractivity contribution in [3.8, 4) is 11.5 Å². The van der Waals surface area contributed by atoms with Crippen molar-refractivity contribution < 1.29 is 28.5 Å². The molecule has 2 aromatic rings. The fourth-order valence-electron chi connectivity index (χ4n) is 2.95. The molecule has 0 spiro atoms. The van der Waals surface area contributed by atoms with Gasteiger partial charge in [0.2, 0.25) is 5.79 Å². The van der Waals surface area contributed by atoms with Crippen LogP contribution in [0.3, 0.4) is 0 Å². The van der Waals surface area contributed by atoms with E-state index in [0.29, 0.717) is 22.6 Å². The summed E-state index contributed by atoms with van der Waals surface area (Å²) in [5.74, 6) is -1.79. The maximum absolute atomic E-state index is 12.3. The number of carbonyl (C=O) groups is 2. The van der Waals surface area contributed by atoms with E-state index in [1.807, 2.05) is 24.3 Å². The Morgan fingerprint density at radius 1 is 1.00 bits per heavy atom. The molecule has 0 radical (unpaired) electrons. The van der Waals surface area contributed by atoms with Crippen LogP contribution in [-0.4, -0.2) is 32.6 Å². The zero-order valence-corrected chi connectivity index (χ0v) is 14.2. The lowest BCUT2D eigenvalue weighted by molar-refractivity contribution is -0.187. The summed E-state index contributed by atoms with van der Waals surface area (Å²) in [6.45, 7) is 1.77. The normalized spacial score (nSPS) is 14.0. The predicted octanol–water partition coefficient (Wildman–Crippen LogP) is 3.03. The highest BCUT2D eigenvalue weighted by Gasteiger charge is 2.43. The zero-order chi connectivity index (χ0) is 18.0. The number of rotatable bonds is 5. The van der Waals surface area contributed by atoms with Crippen molar-refractivity contribution in [2.24, 2.45) is 0 Å². The van der Waals surface area contributed by atoms with Crippen LogP contribution in [0.2, 0.25) is 0 Å². The van der Waals surface area contributed by atoms with Gasteiger partial charge in [-0.3, -0.25) is 4.79 Å². The van der Waals surface area contributed by atoms with Gasteiger partial charge in [0.25, 0.3) is 5.78 Å². The van der Waals surface area contributed by atoms with Crippen molar-refractivity contribution in [2.45, 2.75) is 12.7 Å². The second kappa shape index (κ2) is 6.66. The number of esters is 1. The molecule has 0 N–H and O–H groups in total. The smallest absolute Gasteiger partial charge is 0.379 e. The zero-order valence-electron chi connectivity index (χ0n) is 14.2. The van der Waals surface area contributed by atoms with Gasteiger partial charge in [0.05, 0.1) is 17.7 Å². The summed E-state index contributed by atoms with van der Waals surface area (Å²) in [5, 5.41) is 0. The van der Waals surface area contributed by atoms with E-state index in [1.54, 1.807) is 13.0 Å². The van der Waals surface area contributed by atoms with Crippen LogP contribution in [0.5, 0.6) is 11.5 Å². The lowest BCUT2D eigenvalue weighted by Gasteiger charge is -2.37. The number of methoxy groups -OCH3 is 2. The molecule has 6 heteroatoms. The number of hydrogen-bond acceptors (Lipinski definition) is 6. The molecule has 3 rings (SSSR count). The maximum Gasteiger partial charge on any atom is 0.379 e. The van der Waals surface area contributed by atoms with Gasteiger partial charge in [0.15, 0.2) is 0 Å². The average molecular weight is 342 g/mol. The summed E-state index contributed by atoms with van der Waals surface area (Å²) in [4.78, 5) is 24.0. The van der Waals surface area contributed by atoms with E-state index in [9.17, 15) is 9.59 Å². The molecule has 1 heterocycles. The number of ketones is 1. The van der Waals surface area contributed by atoms with Gasteiger partial charge in [0.1, 0.15) is 11.5 Å². The molecule has 2 aromatic carbocycles. The van der Waals surface area contributed by atoms with Gasteiger partial charge >= 0.3 is 5.97 Å². The van der Waals surface area contributed by atoms with E-state index in [-0.39, 0.29) is 12.2 Å². The van der Waals surface area contributed by atoms with Gasteiger partial charge in [-0.2, -0.15) is 0 Å². The SMILES string of the molecule is CCOC(=O)C(=O)c1ccc2c(c1)C(OC)(OC)c1ccccc1O2. The first-order valence-electron chi connectivity index (χ1n) is 7.81. The molecule has 1 aliphatic heterocycles. The summed E-state index contributed by atoms with van der Waals surface area (Å²) in [7, 11) is 3.02. The van der Waals surface area contributed by atoms with Crippen molar-refractivity contribution >= 4 is 11.8 Å². The van der Waals surface area contributed by atoms with Crippen LogP contribution in [0.4, 0.5) is 0 Å². The molecule has 0 fully saturated rings. The number of ether oxygens (including phenoxy) is 4. The monoisotopic (exact) mass is 342 g/mol. The lowest BCUT2D eigenvalue weighted by atomic mass is 9.91. The first-order valence-corrected chi connectivity index (χ1v) is 7.81. The highest BCUT2D eigenvalue weighted by Crippen LogP contribution is 2.49. The predicted molar refractivity (Wildman–Crippen MR) is 88.7 cm³/mol. The average Bonchev–Trinajstić information content (AvgIpc) is 2.65. The minimum Gasteiger partial charge on any atom is -0.460 e. The first kappa shape index (κ1) is 17.1. The number of Topliss-reactive ketones (excluding diaryl/α,β-unsaturated/α-hetero) is 1. The van der Waals surface area contributed by atoms with Crippen LogP contribution in [-0.2, 0) is 24.8 Å². The van der Waals surface area contributed by atoms with E-state index >= 15 is 0 Å². The Morgan fingerprint density at radius 3 is 2.36 bits per heavy atom. The molecule has 0 amide bonds. The van der Waals surface area contributed by atoms with Crippen LogP contribution in [0.1, 0.15) is 28.4 Å². The second-order valence-electron chi connectivity index (χ2n) is 5.38. The Morgan fingerprint density at radius 2 is 1.68 bits per heavy atom. The Balaban J connectivity index is 2.13. The molecule has 0 aromatic heterocycles. The topological polar surface area (TPSA) is 71.1 Å².